The van der Waals surface area contributed by atoms with E-state index in [9.17, 15) is 18.0 Å². The quantitative estimate of drug-likeness (QED) is 0.836. The molecule has 0 aliphatic carbocycles. The number of likely N-dealkylation sites (tertiary alicyclic amines) is 1. The molecule has 0 unspecified atom stereocenters. The predicted octanol–water partition coefficient (Wildman–Crippen LogP) is 3.08. The van der Waals surface area contributed by atoms with Crippen LogP contribution in [0.25, 0.3) is 5.65 Å². The molecule has 1 fully saturated rings. The maximum absolute atomic E-state index is 13.1. The number of rotatable bonds is 3. The average Bonchev–Trinajstić information content (AvgIpc) is 2.98. The third-order valence-electron chi connectivity index (χ3n) is 5.11. The molecule has 1 aliphatic heterocycles. The molecule has 2 aromatic heterocycles. The molecule has 3 heterocycles. The standard InChI is InChI=1S/C18H23F3N4O/c1-4-14-16(17(26)24(3)13-7-9-23(2)10-8-13)25-11-12(18(19,20)21)5-6-15(25)22-14/h5-6,11,13H,4,7-10H2,1-3H3. The second-order valence-corrected chi connectivity index (χ2v) is 6.85. The summed E-state index contributed by atoms with van der Waals surface area (Å²) in [5.41, 5.74) is 0.320. The summed E-state index contributed by atoms with van der Waals surface area (Å²) in [5, 5.41) is 0. The zero-order valence-electron chi connectivity index (χ0n) is 15.2. The van der Waals surface area contributed by atoms with Crippen LogP contribution in [0.4, 0.5) is 13.2 Å². The SMILES string of the molecule is CCc1nc2ccc(C(F)(F)F)cn2c1C(=O)N(C)C1CCN(C)CC1. The molecule has 142 valence electrons. The van der Waals surface area contributed by atoms with Crippen LogP contribution < -0.4 is 0 Å². The molecular weight excluding hydrogens is 345 g/mol. The van der Waals surface area contributed by atoms with Crippen molar-refractivity contribution in [1.82, 2.24) is 19.2 Å². The Morgan fingerprint density at radius 1 is 1.31 bits per heavy atom. The lowest BCUT2D eigenvalue weighted by Crippen LogP contribution is -2.45. The van der Waals surface area contributed by atoms with E-state index >= 15 is 0 Å². The van der Waals surface area contributed by atoms with Crippen LogP contribution in [-0.2, 0) is 12.6 Å². The first-order valence-electron chi connectivity index (χ1n) is 8.76. The van der Waals surface area contributed by atoms with Crippen LogP contribution in [0.15, 0.2) is 18.3 Å². The Labute approximate surface area is 150 Å². The van der Waals surface area contributed by atoms with Gasteiger partial charge in [-0.2, -0.15) is 13.2 Å². The van der Waals surface area contributed by atoms with E-state index in [1.807, 2.05) is 14.0 Å². The van der Waals surface area contributed by atoms with E-state index < -0.39 is 11.7 Å². The molecule has 0 N–H and O–H groups in total. The fourth-order valence-electron chi connectivity index (χ4n) is 3.45. The first-order valence-corrected chi connectivity index (χ1v) is 8.76. The molecule has 0 saturated carbocycles. The topological polar surface area (TPSA) is 40.9 Å². The Morgan fingerprint density at radius 3 is 2.54 bits per heavy atom. The summed E-state index contributed by atoms with van der Waals surface area (Å²) in [7, 11) is 3.77. The van der Waals surface area contributed by atoms with Gasteiger partial charge in [0, 0.05) is 19.3 Å². The zero-order valence-corrected chi connectivity index (χ0v) is 15.2. The molecule has 0 aromatic carbocycles. The van der Waals surface area contributed by atoms with Gasteiger partial charge in [0.1, 0.15) is 11.3 Å². The number of aromatic nitrogens is 2. The van der Waals surface area contributed by atoms with E-state index in [2.05, 4.69) is 9.88 Å². The average molecular weight is 368 g/mol. The fraction of sp³-hybridized carbons (Fsp3) is 0.556. The van der Waals surface area contributed by atoms with E-state index in [0.717, 1.165) is 38.2 Å². The van der Waals surface area contributed by atoms with Crippen molar-refractivity contribution in [3.05, 3.63) is 35.3 Å². The van der Waals surface area contributed by atoms with Gasteiger partial charge in [-0.25, -0.2) is 4.98 Å². The minimum Gasteiger partial charge on any atom is -0.337 e. The van der Waals surface area contributed by atoms with E-state index in [0.29, 0.717) is 17.8 Å². The molecule has 1 saturated heterocycles. The van der Waals surface area contributed by atoms with Crippen LogP contribution in [0.5, 0.6) is 0 Å². The van der Waals surface area contributed by atoms with Crippen LogP contribution in [0.2, 0.25) is 0 Å². The molecule has 3 rings (SSSR count). The predicted molar refractivity (Wildman–Crippen MR) is 92.2 cm³/mol. The number of nitrogens with zero attached hydrogens (tertiary/aromatic N) is 4. The monoisotopic (exact) mass is 368 g/mol. The van der Waals surface area contributed by atoms with Gasteiger partial charge in [0.2, 0.25) is 0 Å². The van der Waals surface area contributed by atoms with E-state index in [1.54, 1.807) is 11.9 Å². The van der Waals surface area contributed by atoms with Gasteiger partial charge in [-0.1, -0.05) is 6.92 Å². The molecule has 0 atom stereocenters. The van der Waals surface area contributed by atoms with E-state index in [4.69, 9.17) is 0 Å². The van der Waals surface area contributed by atoms with E-state index in [-0.39, 0.29) is 17.6 Å². The van der Waals surface area contributed by atoms with Crippen molar-refractivity contribution in [3.63, 3.8) is 0 Å². The van der Waals surface area contributed by atoms with Gasteiger partial charge >= 0.3 is 6.18 Å². The summed E-state index contributed by atoms with van der Waals surface area (Å²) in [6.07, 6.45) is -1.32. The number of hydrogen-bond donors (Lipinski definition) is 0. The highest BCUT2D eigenvalue weighted by molar-refractivity contribution is 5.94. The summed E-state index contributed by atoms with van der Waals surface area (Å²) in [4.78, 5) is 21.3. The van der Waals surface area contributed by atoms with Crippen LogP contribution >= 0.6 is 0 Å². The number of piperidine rings is 1. The van der Waals surface area contributed by atoms with Gasteiger partial charge in [0.05, 0.1) is 11.3 Å². The van der Waals surface area contributed by atoms with Gasteiger partial charge in [0.15, 0.2) is 0 Å². The minimum absolute atomic E-state index is 0.0831. The van der Waals surface area contributed by atoms with Crippen molar-refractivity contribution in [3.8, 4) is 0 Å². The first kappa shape index (κ1) is 18.7. The molecule has 1 aliphatic rings. The number of hydrogen-bond acceptors (Lipinski definition) is 3. The van der Waals surface area contributed by atoms with Crippen LogP contribution in [0, 0.1) is 0 Å². The van der Waals surface area contributed by atoms with Crippen molar-refractivity contribution < 1.29 is 18.0 Å². The van der Waals surface area contributed by atoms with Gasteiger partial charge in [-0.15, -0.1) is 0 Å². The zero-order chi connectivity index (χ0) is 19.1. The molecule has 5 nitrogen and oxygen atoms in total. The van der Waals surface area contributed by atoms with Crippen molar-refractivity contribution >= 4 is 11.6 Å². The molecular formula is C18H23F3N4O. The lowest BCUT2D eigenvalue weighted by molar-refractivity contribution is -0.137. The Bertz CT molecular complexity index is 807. The fourth-order valence-corrected chi connectivity index (χ4v) is 3.45. The van der Waals surface area contributed by atoms with Crippen molar-refractivity contribution in [2.75, 3.05) is 27.2 Å². The van der Waals surface area contributed by atoms with Gasteiger partial charge < -0.3 is 9.80 Å². The molecule has 2 aromatic rings. The highest BCUT2D eigenvalue weighted by atomic mass is 19.4. The summed E-state index contributed by atoms with van der Waals surface area (Å²) in [6, 6.07) is 2.39. The molecule has 0 bridgehead atoms. The van der Waals surface area contributed by atoms with Crippen LogP contribution in [-0.4, -0.2) is 58.3 Å². The molecule has 0 spiro atoms. The number of halogens is 3. The second-order valence-electron chi connectivity index (χ2n) is 6.85. The largest absolute Gasteiger partial charge is 0.417 e. The highest BCUT2D eigenvalue weighted by Gasteiger charge is 2.33. The molecule has 8 heteroatoms. The smallest absolute Gasteiger partial charge is 0.337 e. The minimum atomic E-state index is -4.47. The number of fused-ring (bicyclic) bond motifs is 1. The third kappa shape index (κ3) is 3.42. The number of aryl methyl sites for hydroxylation is 1. The summed E-state index contributed by atoms with van der Waals surface area (Å²) < 4.78 is 40.6. The van der Waals surface area contributed by atoms with Crippen molar-refractivity contribution in [2.24, 2.45) is 0 Å². The Kier molecular flexibility index (Phi) is 4.96. The normalized spacial score (nSPS) is 17.0. The summed E-state index contributed by atoms with van der Waals surface area (Å²) >= 11 is 0. The van der Waals surface area contributed by atoms with Gasteiger partial charge in [0.25, 0.3) is 5.91 Å². The Balaban J connectivity index is 2.00. The molecule has 0 radical (unpaired) electrons. The van der Waals surface area contributed by atoms with Crippen molar-refractivity contribution in [2.45, 2.75) is 38.4 Å². The van der Waals surface area contributed by atoms with E-state index in [1.165, 1.54) is 10.5 Å². The number of imidazole rings is 1. The number of alkyl halides is 3. The maximum Gasteiger partial charge on any atom is 0.417 e. The number of pyridine rings is 1. The highest BCUT2D eigenvalue weighted by Crippen LogP contribution is 2.30. The molecule has 26 heavy (non-hydrogen) atoms. The summed E-state index contributed by atoms with van der Waals surface area (Å²) in [6.45, 7) is 3.64. The second kappa shape index (κ2) is 6.90. The van der Waals surface area contributed by atoms with Crippen molar-refractivity contribution in [1.29, 1.82) is 0 Å². The lowest BCUT2D eigenvalue weighted by Gasteiger charge is -2.35. The third-order valence-corrected chi connectivity index (χ3v) is 5.11. The Hall–Kier alpha value is -2.09. The number of amides is 1. The molecule has 1 amide bonds. The lowest BCUT2D eigenvalue weighted by atomic mass is 10.0. The van der Waals surface area contributed by atoms with Crippen LogP contribution in [0.3, 0.4) is 0 Å². The number of carbonyl (C=O) groups excluding carboxylic acids is 1. The van der Waals surface area contributed by atoms with Gasteiger partial charge in [-0.3, -0.25) is 9.20 Å². The maximum atomic E-state index is 13.1. The van der Waals surface area contributed by atoms with Crippen LogP contribution in [0.1, 0.15) is 41.5 Å². The number of carbonyl (C=O) groups is 1. The van der Waals surface area contributed by atoms with Gasteiger partial charge in [-0.05, 0) is 51.5 Å². The first-order chi connectivity index (χ1) is 12.2. The Morgan fingerprint density at radius 2 is 1.96 bits per heavy atom. The summed E-state index contributed by atoms with van der Waals surface area (Å²) in [5.74, 6) is -0.275.